The smallest absolute Gasteiger partial charge is 0.243 e. The Balaban J connectivity index is 1.93. The number of amides is 2. The van der Waals surface area contributed by atoms with Crippen LogP contribution in [0.4, 0.5) is 5.69 Å². The summed E-state index contributed by atoms with van der Waals surface area (Å²) in [5.74, 6) is -0.378. The summed E-state index contributed by atoms with van der Waals surface area (Å²) in [5, 5.41) is 2.43. The molecule has 1 saturated heterocycles. The number of piperazine rings is 1. The molecule has 1 aliphatic carbocycles. The average Bonchev–Trinajstić information content (AvgIpc) is 2.80. The molecule has 2 atom stereocenters. The Morgan fingerprint density at radius 2 is 2.20 bits per heavy atom. The van der Waals surface area contributed by atoms with Crippen molar-refractivity contribution < 1.29 is 9.59 Å². The molecule has 1 fully saturated rings. The van der Waals surface area contributed by atoms with E-state index >= 15 is 0 Å². The van der Waals surface area contributed by atoms with Gasteiger partial charge in [-0.1, -0.05) is 13.0 Å². The highest BCUT2D eigenvalue weighted by Gasteiger charge is 2.39. The molecule has 20 heavy (non-hydrogen) atoms. The monoisotopic (exact) mass is 273 g/mol. The molecule has 1 aliphatic heterocycles. The number of carbonyl (C=O) groups excluding carboxylic acids is 2. The SMILES string of the molecule is CCC1C(=O)NC(=O)CN1C1CCc2cc(N)ccc21. The van der Waals surface area contributed by atoms with Crippen LogP contribution in [0.1, 0.15) is 36.9 Å². The number of benzene rings is 1. The van der Waals surface area contributed by atoms with Crippen LogP contribution in [0.15, 0.2) is 18.2 Å². The van der Waals surface area contributed by atoms with E-state index in [1.807, 2.05) is 30.0 Å². The number of carbonyl (C=O) groups is 2. The van der Waals surface area contributed by atoms with Crippen LogP contribution in [-0.4, -0.2) is 29.3 Å². The summed E-state index contributed by atoms with van der Waals surface area (Å²) < 4.78 is 0. The molecule has 0 saturated carbocycles. The quantitative estimate of drug-likeness (QED) is 0.622. The number of aryl methyl sites for hydroxylation is 1. The Morgan fingerprint density at radius 1 is 1.40 bits per heavy atom. The summed E-state index contributed by atoms with van der Waals surface area (Å²) in [7, 11) is 0. The molecule has 1 heterocycles. The molecule has 3 N–H and O–H groups in total. The molecule has 5 nitrogen and oxygen atoms in total. The fraction of sp³-hybridized carbons (Fsp3) is 0.467. The van der Waals surface area contributed by atoms with Gasteiger partial charge >= 0.3 is 0 Å². The molecular weight excluding hydrogens is 254 g/mol. The van der Waals surface area contributed by atoms with Crippen LogP contribution in [0.3, 0.4) is 0 Å². The van der Waals surface area contributed by atoms with Crippen molar-refractivity contribution in [3.05, 3.63) is 29.3 Å². The van der Waals surface area contributed by atoms with Crippen LogP contribution in [0.5, 0.6) is 0 Å². The third-order valence-electron chi connectivity index (χ3n) is 4.29. The maximum atomic E-state index is 12.0. The molecule has 106 valence electrons. The summed E-state index contributed by atoms with van der Waals surface area (Å²) in [4.78, 5) is 25.7. The van der Waals surface area contributed by atoms with E-state index in [0.717, 1.165) is 18.5 Å². The second-order valence-electron chi connectivity index (χ2n) is 5.52. The number of imide groups is 1. The number of hydrogen-bond donors (Lipinski definition) is 2. The number of nitrogens with zero attached hydrogens (tertiary/aromatic N) is 1. The molecule has 1 aromatic rings. The minimum absolute atomic E-state index is 0.144. The van der Waals surface area contributed by atoms with Gasteiger partial charge in [0.05, 0.1) is 12.6 Å². The van der Waals surface area contributed by atoms with Gasteiger partial charge in [0.15, 0.2) is 0 Å². The molecule has 0 bridgehead atoms. The van der Waals surface area contributed by atoms with Gasteiger partial charge in [0.1, 0.15) is 0 Å². The van der Waals surface area contributed by atoms with Gasteiger partial charge < -0.3 is 5.73 Å². The van der Waals surface area contributed by atoms with Crippen molar-refractivity contribution in [3.8, 4) is 0 Å². The minimum atomic E-state index is -0.221. The number of nitrogen functional groups attached to an aromatic ring is 1. The maximum Gasteiger partial charge on any atom is 0.243 e. The predicted octanol–water partition coefficient (Wildman–Crippen LogP) is 0.993. The van der Waals surface area contributed by atoms with E-state index in [-0.39, 0.29) is 23.9 Å². The van der Waals surface area contributed by atoms with Gasteiger partial charge in [-0.15, -0.1) is 0 Å². The zero-order valence-electron chi connectivity index (χ0n) is 11.6. The van der Waals surface area contributed by atoms with Crippen LogP contribution in [0.25, 0.3) is 0 Å². The van der Waals surface area contributed by atoms with E-state index in [1.54, 1.807) is 0 Å². The van der Waals surface area contributed by atoms with Crippen LogP contribution < -0.4 is 11.1 Å². The van der Waals surface area contributed by atoms with Crippen LogP contribution >= 0.6 is 0 Å². The van der Waals surface area contributed by atoms with Crippen LogP contribution in [0, 0.1) is 0 Å². The predicted molar refractivity (Wildman–Crippen MR) is 75.9 cm³/mol. The summed E-state index contributed by atoms with van der Waals surface area (Å²) in [6.45, 7) is 2.27. The van der Waals surface area contributed by atoms with E-state index in [4.69, 9.17) is 5.73 Å². The molecule has 0 spiro atoms. The molecule has 1 aromatic carbocycles. The molecule has 3 rings (SSSR count). The van der Waals surface area contributed by atoms with Crippen molar-refractivity contribution in [2.24, 2.45) is 0 Å². The first-order chi connectivity index (χ1) is 9.60. The highest BCUT2D eigenvalue weighted by molar-refractivity contribution is 6.01. The second-order valence-corrected chi connectivity index (χ2v) is 5.52. The summed E-state index contributed by atoms with van der Waals surface area (Å²) >= 11 is 0. The van der Waals surface area contributed by atoms with E-state index in [1.165, 1.54) is 11.1 Å². The fourth-order valence-electron chi connectivity index (χ4n) is 3.39. The van der Waals surface area contributed by atoms with E-state index in [0.29, 0.717) is 13.0 Å². The molecular formula is C15H19N3O2. The van der Waals surface area contributed by atoms with Crippen molar-refractivity contribution >= 4 is 17.5 Å². The molecule has 2 aliphatic rings. The van der Waals surface area contributed by atoms with Crippen molar-refractivity contribution in [2.75, 3.05) is 12.3 Å². The van der Waals surface area contributed by atoms with Gasteiger partial charge in [-0.2, -0.15) is 0 Å². The molecule has 2 amide bonds. The van der Waals surface area contributed by atoms with Crippen molar-refractivity contribution in [3.63, 3.8) is 0 Å². The van der Waals surface area contributed by atoms with Crippen LogP contribution in [-0.2, 0) is 16.0 Å². The first-order valence-corrected chi connectivity index (χ1v) is 7.08. The van der Waals surface area contributed by atoms with Crippen molar-refractivity contribution in [2.45, 2.75) is 38.3 Å². The maximum absolute atomic E-state index is 12.0. The highest BCUT2D eigenvalue weighted by atomic mass is 16.2. The van der Waals surface area contributed by atoms with Gasteiger partial charge in [-0.05, 0) is 42.5 Å². The number of nitrogens with one attached hydrogen (secondary N) is 1. The number of fused-ring (bicyclic) bond motifs is 1. The average molecular weight is 273 g/mol. The van der Waals surface area contributed by atoms with Crippen molar-refractivity contribution in [1.82, 2.24) is 10.2 Å². The van der Waals surface area contributed by atoms with Gasteiger partial charge in [-0.25, -0.2) is 0 Å². The lowest BCUT2D eigenvalue weighted by molar-refractivity contribution is -0.141. The fourth-order valence-corrected chi connectivity index (χ4v) is 3.39. The molecule has 0 aromatic heterocycles. The Hall–Kier alpha value is -1.88. The third kappa shape index (κ3) is 2.08. The largest absolute Gasteiger partial charge is 0.399 e. The summed E-state index contributed by atoms with van der Waals surface area (Å²) in [6, 6.07) is 5.85. The van der Waals surface area contributed by atoms with E-state index < -0.39 is 0 Å². The lowest BCUT2D eigenvalue weighted by Gasteiger charge is -2.38. The Labute approximate surface area is 118 Å². The lowest BCUT2D eigenvalue weighted by atomic mass is 10.0. The number of hydrogen-bond acceptors (Lipinski definition) is 4. The standard InChI is InChI=1S/C15H19N3O2/c1-2-12-15(20)17-14(19)8-18(12)13-6-3-9-7-10(16)4-5-11(9)13/h4-5,7,12-13H,2-3,6,8,16H2,1H3,(H,17,19,20). The van der Waals surface area contributed by atoms with E-state index in [9.17, 15) is 9.59 Å². The normalized spacial score (nSPS) is 26.4. The zero-order valence-corrected chi connectivity index (χ0v) is 11.6. The molecule has 5 heteroatoms. The first-order valence-electron chi connectivity index (χ1n) is 7.08. The third-order valence-corrected chi connectivity index (χ3v) is 4.29. The van der Waals surface area contributed by atoms with Gasteiger partial charge in [-0.3, -0.25) is 19.8 Å². The second kappa shape index (κ2) is 4.90. The topological polar surface area (TPSA) is 75.4 Å². The minimum Gasteiger partial charge on any atom is -0.399 e. The molecule has 0 radical (unpaired) electrons. The zero-order chi connectivity index (χ0) is 14.3. The Kier molecular flexibility index (Phi) is 3.22. The highest BCUT2D eigenvalue weighted by Crippen LogP contribution is 2.38. The summed E-state index contributed by atoms with van der Waals surface area (Å²) in [5.41, 5.74) is 9.04. The van der Waals surface area contributed by atoms with Gasteiger partial charge in [0.25, 0.3) is 0 Å². The van der Waals surface area contributed by atoms with Crippen molar-refractivity contribution in [1.29, 1.82) is 0 Å². The van der Waals surface area contributed by atoms with Crippen LogP contribution in [0.2, 0.25) is 0 Å². The van der Waals surface area contributed by atoms with Gasteiger partial charge in [0.2, 0.25) is 11.8 Å². The van der Waals surface area contributed by atoms with E-state index in [2.05, 4.69) is 5.32 Å². The Bertz CT molecular complexity index is 570. The Morgan fingerprint density at radius 3 is 2.95 bits per heavy atom. The number of anilines is 1. The summed E-state index contributed by atoms with van der Waals surface area (Å²) in [6.07, 6.45) is 2.60. The lowest BCUT2D eigenvalue weighted by Crippen LogP contribution is -2.58. The van der Waals surface area contributed by atoms with Gasteiger partial charge in [0, 0.05) is 11.7 Å². The number of rotatable bonds is 2. The number of nitrogens with two attached hydrogens (primary N) is 1. The first kappa shape index (κ1) is 13.1. The molecule has 2 unspecified atom stereocenters.